The highest BCUT2D eigenvalue weighted by atomic mass is 79.9. The Balaban J connectivity index is 2.06. The summed E-state index contributed by atoms with van der Waals surface area (Å²) in [7, 11) is 0. The summed E-state index contributed by atoms with van der Waals surface area (Å²) in [5.41, 5.74) is 0. The molecule has 0 amide bonds. The van der Waals surface area contributed by atoms with Crippen LogP contribution in [-0.4, -0.2) is 10.1 Å². The van der Waals surface area contributed by atoms with Crippen LogP contribution in [0.4, 0.5) is 0 Å². The zero-order valence-corrected chi connectivity index (χ0v) is 10.3. The fourth-order valence-electron chi connectivity index (χ4n) is 3.02. The molecular formula is C12H19BrO. The predicted molar refractivity (Wildman–Crippen MR) is 61.7 cm³/mol. The molecule has 0 saturated heterocycles. The van der Waals surface area contributed by atoms with E-state index in [1.54, 1.807) is 0 Å². The SMILES string of the molecule is O=C1CCCCC1C1(Br)CCCCC1. The third kappa shape index (κ3) is 2.05. The van der Waals surface area contributed by atoms with Gasteiger partial charge in [-0.25, -0.2) is 0 Å². The molecule has 0 aromatic rings. The van der Waals surface area contributed by atoms with Crippen molar-refractivity contribution >= 4 is 21.7 Å². The second kappa shape index (κ2) is 4.34. The third-order valence-electron chi connectivity index (χ3n) is 3.86. The molecule has 80 valence electrons. The number of ketones is 1. The number of carbonyl (C=O) groups excluding carboxylic acids is 1. The molecule has 2 fully saturated rings. The van der Waals surface area contributed by atoms with Gasteiger partial charge in [0.15, 0.2) is 0 Å². The van der Waals surface area contributed by atoms with Gasteiger partial charge < -0.3 is 0 Å². The minimum Gasteiger partial charge on any atom is -0.299 e. The van der Waals surface area contributed by atoms with E-state index in [1.165, 1.54) is 38.5 Å². The summed E-state index contributed by atoms with van der Waals surface area (Å²) in [5.74, 6) is 0.853. The lowest BCUT2D eigenvalue weighted by atomic mass is 9.72. The Kier molecular flexibility index (Phi) is 3.30. The normalized spacial score (nSPS) is 32.9. The quantitative estimate of drug-likeness (QED) is 0.654. The van der Waals surface area contributed by atoms with Gasteiger partial charge in [0, 0.05) is 16.7 Å². The molecule has 0 bridgehead atoms. The molecule has 1 unspecified atom stereocenters. The minimum absolute atomic E-state index is 0.183. The topological polar surface area (TPSA) is 17.1 Å². The lowest BCUT2D eigenvalue weighted by molar-refractivity contribution is -0.125. The van der Waals surface area contributed by atoms with Crippen molar-refractivity contribution in [1.29, 1.82) is 0 Å². The molecule has 0 N–H and O–H groups in total. The van der Waals surface area contributed by atoms with Crippen LogP contribution in [0.5, 0.6) is 0 Å². The highest BCUT2D eigenvalue weighted by Crippen LogP contribution is 2.46. The lowest BCUT2D eigenvalue weighted by Crippen LogP contribution is -2.40. The predicted octanol–water partition coefficient (Wildman–Crippen LogP) is 3.84. The van der Waals surface area contributed by atoms with E-state index in [0.29, 0.717) is 11.7 Å². The van der Waals surface area contributed by atoms with Gasteiger partial charge in [-0.05, 0) is 25.7 Å². The molecule has 0 spiro atoms. The van der Waals surface area contributed by atoms with Crippen LogP contribution < -0.4 is 0 Å². The van der Waals surface area contributed by atoms with Crippen LogP contribution in [0, 0.1) is 5.92 Å². The van der Waals surface area contributed by atoms with Gasteiger partial charge in [0.1, 0.15) is 5.78 Å². The van der Waals surface area contributed by atoms with E-state index in [0.717, 1.165) is 19.3 Å². The number of alkyl halides is 1. The lowest BCUT2D eigenvalue weighted by Gasteiger charge is -2.39. The van der Waals surface area contributed by atoms with E-state index in [2.05, 4.69) is 15.9 Å². The smallest absolute Gasteiger partial charge is 0.137 e. The monoisotopic (exact) mass is 258 g/mol. The summed E-state index contributed by atoms with van der Waals surface area (Å²) >= 11 is 3.88. The first-order chi connectivity index (χ1) is 6.72. The number of carbonyl (C=O) groups is 1. The summed E-state index contributed by atoms with van der Waals surface area (Å²) in [6, 6.07) is 0. The standard InChI is InChI=1S/C12H19BrO/c13-12(8-4-1-5-9-12)10-6-2-3-7-11(10)14/h10H,1-9H2. The molecule has 0 aliphatic heterocycles. The molecule has 0 aromatic heterocycles. The van der Waals surface area contributed by atoms with E-state index in [9.17, 15) is 4.79 Å². The van der Waals surface area contributed by atoms with Gasteiger partial charge >= 0.3 is 0 Å². The van der Waals surface area contributed by atoms with Crippen LogP contribution in [0.15, 0.2) is 0 Å². The van der Waals surface area contributed by atoms with Crippen molar-refractivity contribution in [2.45, 2.75) is 62.1 Å². The Morgan fingerprint density at radius 2 is 1.79 bits per heavy atom. The van der Waals surface area contributed by atoms with Gasteiger partial charge in [-0.1, -0.05) is 41.6 Å². The Labute approximate surface area is 94.8 Å². The molecule has 0 heterocycles. The second-order valence-corrected chi connectivity index (χ2v) is 6.44. The van der Waals surface area contributed by atoms with E-state index in [4.69, 9.17) is 0 Å². The number of hydrogen-bond acceptors (Lipinski definition) is 1. The van der Waals surface area contributed by atoms with Crippen LogP contribution >= 0.6 is 15.9 Å². The van der Waals surface area contributed by atoms with Gasteiger partial charge in [0.25, 0.3) is 0 Å². The first kappa shape index (κ1) is 10.7. The maximum absolute atomic E-state index is 11.9. The Morgan fingerprint density at radius 1 is 1.07 bits per heavy atom. The summed E-state index contributed by atoms with van der Waals surface area (Å²) in [6.07, 6.45) is 10.7. The van der Waals surface area contributed by atoms with Crippen molar-refractivity contribution in [3.05, 3.63) is 0 Å². The van der Waals surface area contributed by atoms with E-state index in [-0.39, 0.29) is 4.32 Å². The van der Waals surface area contributed by atoms with Crippen LogP contribution in [0.3, 0.4) is 0 Å². The highest BCUT2D eigenvalue weighted by molar-refractivity contribution is 9.10. The number of Topliss-reactive ketones (excluding diaryl/α,β-unsaturated/α-hetero) is 1. The van der Waals surface area contributed by atoms with E-state index in [1.807, 2.05) is 0 Å². The molecule has 2 heteroatoms. The second-order valence-electron chi connectivity index (χ2n) is 4.86. The molecule has 2 saturated carbocycles. The largest absolute Gasteiger partial charge is 0.299 e. The molecule has 0 radical (unpaired) electrons. The van der Waals surface area contributed by atoms with Crippen molar-refractivity contribution in [3.8, 4) is 0 Å². The number of hydrogen-bond donors (Lipinski definition) is 0. The summed E-state index contributed by atoms with van der Waals surface area (Å²) < 4.78 is 0.183. The van der Waals surface area contributed by atoms with Gasteiger partial charge in [-0.15, -0.1) is 0 Å². The zero-order chi connectivity index (χ0) is 10.0. The zero-order valence-electron chi connectivity index (χ0n) is 8.73. The Hall–Kier alpha value is 0.150. The molecular weight excluding hydrogens is 240 g/mol. The first-order valence-corrected chi connectivity index (χ1v) is 6.73. The summed E-state index contributed by atoms with van der Waals surface area (Å²) in [5, 5.41) is 0. The number of rotatable bonds is 1. The maximum Gasteiger partial charge on any atom is 0.137 e. The number of halogens is 1. The molecule has 1 nitrogen and oxygen atoms in total. The first-order valence-electron chi connectivity index (χ1n) is 5.94. The minimum atomic E-state index is 0.183. The summed E-state index contributed by atoms with van der Waals surface area (Å²) in [4.78, 5) is 11.9. The van der Waals surface area contributed by atoms with Gasteiger partial charge in [0.2, 0.25) is 0 Å². The molecule has 2 rings (SSSR count). The van der Waals surface area contributed by atoms with Crippen molar-refractivity contribution in [1.82, 2.24) is 0 Å². The van der Waals surface area contributed by atoms with E-state index >= 15 is 0 Å². The van der Waals surface area contributed by atoms with Gasteiger partial charge in [0.05, 0.1) is 0 Å². The molecule has 14 heavy (non-hydrogen) atoms. The Morgan fingerprint density at radius 3 is 2.43 bits per heavy atom. The maximum atomic E-state index is 11.9. The van der Waals surface area contributed by atoms with Crippen LogP contribution in [0.1, 0.15) is 57.8 Å². The Bertz CT molecular complexity index is 218. The third-order valence-corrected chi connectivity index (χ3v) is 5.21. The van der Waals surface area contributed by atoms with E-state index < -0.39 is 0 Å². The van der Waals surface area contributed by atoms with Crippen LogP contribution in [-0.2, 0) is 4.79 Å². The fraction of sp³-hybridized carbons (Fsp3) is 0.917. The molecule has 2 aliphatic rings. The van der Waals surface area contributed by atoms with Crippen LogP contribution in [0.25, 0.3) is 0 Å². The molecule has 0 aromatic carbocycles. The summed E-state index contributed by atoms with van der Waals surface area (Å²) in [6.45, 7) is 0. The van der Waals surface area contributed by atoms with Gasteiger partial charge in [-0.3, -0.25) is 4.79 Å². The molecule has 1 atom stereocenters. The molecule has 2 aliphatic carbocycles. The average Bonchev–Trinajstić information content (AvgIpc) is 2.19. The van der Waals surface area contributed by atoms with Crippen molar-refractivity contribution in [2.24, 2.45) is 5.92 Å². The fourth-order valence-corrected chi connectivity index (χ4v) is 4.06. The highest BCUT2D eigenvalue weighted by Gasteiger charge is 2.41. The van der Waals surface area contributed by atoms with Crippen molar-refractivity contribution < 1.29 is 4.79 Å². The van der Waals surface area contributed by atoms with Crippen LogP contribution in [0.2, 0.25) is 0 Å². The van der Waals surface area contributed by atoms with Crippen molar-refractivity contribution in [3.63, 3.8) is 0 Å². The van der Waals surface area contributed by atoms with Crippen molar-refractivity contribution in [2.75, 3.05) is 0 Å². The average molecular weight is 259 g/mol. The van der Waals surface area contributed by atoms with Gasteiger partial charge in [-0.2, -0.15) is 0 Å².